The zero-order chi connectivity index (χ0) is 23.4. The van der Waals surface area contributed by atoms with E-state index >= 15 is 0 Å². The molecule has 9 aromatic rings. The Morgan fingerprint density at radius 2 is 1.28 bits per heavy atom. The van der Waals surface area contributed by atoms with Gasteiger partial charge in [-0.15, -0.1) is 0 Å². The molecule has 4 aromatic heterocycles. The van der Waals surface area contributed by atoms with Crippen LogP contribution in [0.5, 0.6) is 0 Å². The third-order valence-corrected chi connectivity index (χ3v) is 8.26. The first kappa shape index (κ1) is 18.7. The van der Waals surface area contributed by atoms with Crippen molar-refractivity contribution in [2.24, 2.45) is 0 Å². The minimum atomic E-state index is 0.870. The van der Waals surface area contributed by atoms with Crippen molar-refractivity contribution in [2.75, 3.05) is 0 Å². The van der Waals surface area contributed by atoms with Gasteiger partial charge >= 0.3 is 0 Å². The molecule has 0 bridgehead atoms. The number of rotatable bonds is 1. The van der Waals surface area contributed by atoms with Crippen molar-refractivity contribution in [1.82, 2.24) is 9.55 Å². The van der Waals surface area contributed by atoms with Crippen molar-refractivity contribution in [3.05, 3.63) is 97.1 Å². The molecule has 0 aliphatic carbocycles. The Bertz CT molecular complexity index is 2330. The molecule has 4 heterocycles. The molecule has 0 amide bonds. The minimum absolute atomic E-state index is 0.870. The number of para-hydroxylation sites is 3. The van der Waals surface area contributed by atoms with Gasteiger partial charge in [-0.05, 0) is 42.5 Å². The van der Waals surface area contributed by atoms with Crippen molar-refractivity contribution in [2.45, 2.75) is 0 Å². The molecule has 168 valence electrons. The van der Waals surface area contributed by atoms with Crippen LogP contribution in [0.1, 0.15) is 0 Å². The van der Waals surface area contributed by atoms with Gasteiger partial charge in [-0.1, -0.05) is 65.9 Å². The summed E-state index contributed by atoms with van der Waals surface area (Å²) < 4.78 is 15.8. The number of nitrogens with zero attached hydrogens (tertiary/aromatic N) is 2. The second kappa shape index (κ2) is 6.53. The van der Waals surface area contributed by atoms with E-state index in [1.807, 2.05) is 24.3 Å². The van der Waals surface area contributed by atoms with Crippen LogP contribution in [0.4, 0.5) is 0 Å². The predicted octanol–water partition coefficient (Wildman–Crippen LogP) is 9.19. The molecule has 0 aliphatic rings. The summed E-state index contributed by atoms with van der Waals surface area (Å²) in [4.78, 5) is 5.23. The Morgan fingerprint density at radius 1 is 0.556 bits per heavy atom. The van der Waals surface area contributed by atoms with Gasteiger partial charge in [0.05, 0.1) is 26.6 Å². The van der Waals surface area contributed by atoms with Gasteiger partial charge in [-0.2, -0.15) is 0 Å². The average molecular weight is 481 g/mol. The molecular weight excluding hydrogens is 464 g/mol. The Kier molecular flexibility index (Phi) is 3.39. The molecule has 0 saturated heterocycles. The highest BCUT2D eigenvalue weighted by Crippen LogP contribution is 2.41. The second-order valence-electron chi connectivity index (χ2n) is 9.20. The van der Waals surface area contributed by atoms with Gasteiger partial charge in [0.15, 0.2) is 5.13 Å². The van der Waals surface area contributed by atoms with E-state index in [0.717, 1.165) is 75.6 Å². The fraction of sp³-hybridized carbons (Fsp3) is 0. The van der Waals surface area contributed by atoms with E-state index in [0.29, 0.717) is 0 Å². The zero-order valence-corrected chi connectivity index (χ0v) is 19.7. The first-order valence-corrected chi connectivity index (χ1v) is 12.7. The number of thiazole rings is 1. The SMILES string of the molecule is c1ccc2c(c1)oc1cc3c4ccccc4n(-c4nc5c(ccc6oc7ccccc7c65)s4)c3cc12. The third-order valence-electron chi connectivity index (χ3n) is 7.25. The second-order valence-corrected chi connectivity index (χ2v) is 10.2. The van der Waals surface area contributed by atoms with E-state index in [-0.39, 0.29) is 0 Å². The van der Waals surface area contributed by atoms with Gasteiger partial charge in [0, 0.05) is 26.9 Å². The summed E-state index contributed by atoms with van der Waals surface area (Å²) >= 11 is 1.71. The lowest BCUT2D eigenvalue weighted by molar-refractivity contribution is 0.669. The van der Waals surface area contributed by atoms with Crippen LogP contribution in [-0.2, 0) is 0 Å². The van der Waals surface area contributed by atoms with Crippen molar-refractivity contribution in [3.63, 3.8) is 0 Å². The maximum atomic E-state index is 6.22. The van der Waals surface area contributed by atoms with Crippen molar-refractivity contribution in [3.8, 4) is 5.13 Å². The van der Waals surface area contributed by atoms with Crippen LogP contribution in [0.15, 0.2) is 106 Å². The van der Waals surface area contributed by atoms with Crippen molar-refractivity contribution < 1.29 is 8.83 Å². The number of hydrogen-bond donors (Lipinski definition) is 0. The highest BCUT2D eigenvalue weighted by molar-refractivity contribution is 7.21. The smallest absolute Gasteiger partial charge is 0.195 e. The number of hydrogen-bond acceptors (Lipinski definition) is 4. The quantitative estimate of drug-likeness (QED) is 0.235. The van der Waals surface area contributed by atoms with Gasteiger partial charge in [0.25, 0.3) is 0 Å². The van der Waals surface area contributed by atoms with Gasteiger partial charge in [-0.25, -0.2) is 4.98 Å². The third kappa shape index (κ3) is 2.30. The highest BCUT2D eigenvalue weighted by atomic mass is 32.1. The maximum absolute atomic E-state index is 6.22. The number of furan rings is 2. The molecule has 0 saturated carbocycles. The molecule has 5 aromatic carbocycles. The van der Waals surface area contributed by atoms with Crippen LogP contribution in [0.25, 0.3) is 81.0 Å². The Morgan fingerprint density at radius 3 is 2.17 bits per heavy atom. The molecule has 4 nitrogen and oxygen atoms in total. The zero-order valence-electron chi connectivity index (χ0n) is 18.9. The number of aromatic nitrogens is 2. The van der Waals surface area contributed by atoms with Gasteiger partial charge < -0.3 is 8.83 Å². The molecule has 0 spiro atoms. The topological polar surface area (TPSA) is 44.1 Å². The minimum Gasteiger partial charge on any atom is -0.456 e. The van der Waals surface area contributed by atoms with Crippen molar-refractivity contribution >= 4 is 87.2 Å². The van der Waals surface area contributed by atoms with Gasteiger partial charge in [0.1, 0.15) is 22.3 Å². The summed E-state index contributed by atoms with van der Waals surface area (Å²) in [7, 11) is 0. The van der Waals surface area contributed by atoms with Crippen LogP contribution in [-0.4, -0.2) is 9.55 Å². The Hall–Kier alpha value is -4.61. The van der Waals surface area contributed by atoms with Gasteiger partial charge in [0.2, 0.25) is 0 Å². The summed E-state index contributed by atoms with van der Waals surface area (Å²) in [5.41, 5.74) is 6.82. The van der Waals surface area contributed by atoms with Crippen LogP contribution < -0.4 is 0 Å². The number of benzene rings is 5. The van der Waals surface area contributed by atoms with E-state index < -0.39 is 0 Å². The standard InChI is InChI=1S/C31H16N2O2S/c1-4-10-22-17(7-1)20-16-27-21(18-8-2-5-11-24(18)35-27)15-23(20)33(22)31-32-30-28(36-31)14-13-26-29(30)19-9-3-6-12-25(19)34-26/h1-16H. The lowest BCUT2D eigenvalue weighted by atomic mass is 10.1. The van der Waals surface area contributed by atoms with Gasteiger partial charge in [-0.3, -0.25) is 4.57 Å². The first-order chi connectivity index (χ1) is 17.8. The fourth-order valence-corrected chi connectivity index (χ4v) is 6.68. The molecule has 0 fully saturated rings. The Balaban J connectivity index is 1.43. The van der Waals surface area contributed by atoms with E-state index in [1.165, 1.54) is 5.39 Å². The molecule has 0 aliphatic heterocycles. The molecule has 36 heavy (non-hydrogen) atoms. The average Bonchev–Trinajstić information content (AvgIpc) is 3.66. The number of fused-ring (bicyclic) bond motifs is 11. The summed E-state index contributed by atoms with van der Waals surface area (Å²) in [6.07, 6.45) is 0. The van der Waals surface area contributed by atoms with Crippen molar-refractivity contribution in [1.29, 1.82) is 0 Å². The predicted molar refractivity (Wildman–Crippen MR) is 149 cm³/mol. The lowest BCUT2D eigenvalue weighted by Crippen LogP contribution is -1.92. The summed E-state index contributed by atoms with van der Waals surface area (Å²) in [6, 6.07) is 33.6. The van der Waals surface area contributed by atoms with E-state index in [2.05, 4.69) is 77.4 Å². The molecular formula is C31H16N2O2S. The van der Waals surface area contributed by atoms with E-state index in [1.54, 1.807) is 11.3 Å². The van der Waals surface area contributed by atoms with Crippen LogP contribution in [0.2, 0.25) is 0 Å². The Labute approximate surface area is 207 Å². The fourth-order valence-electron chi connectivity index (χ4n) is 5.68. The van der Waals surface area contributed by atoms with Crippen LogP contribution in [0, 0.1) is 0 Å². The van der Waals surface area contributed by atoms with E-state index in [9.17, 15) is 0 Å². The monoisotopic (exact) mass is 480 g/mol. The highest BCUT2D eigenvalue weighted by Gasteiger charge is 2.20. The first-order valence-electron chi connectivity index (χ1n) is 11.9. The van der Waals surface area contributed by atoms with Crippen LogP contribution in [0.3, 0.4) is 0 Å². The largest absolute Gasteiger partial charge is 0.456 e. The van der Waals surface area contributed by atoms with Crippen LogP contribution >= 0.6 is 11.3 Å². The molecule has 0 N–H and O–H groups in total. The molecule has 0 unspecified atom stereocenters. The lowest BCUT2D eigenvalue weighted by Gasteiger charge is -2.02. The summed E-state index contributed by atoms with van der Waals surface area (Å²) in [5, 5.41) is 7.72. The molecule has 0 atom stereocenters. The normalized spacial score (nSPS) is 12.4. The molecule has 0 radical (unpaired) electrons. The van der Waals surface area contributed by atoms with E-state index in [4.69, 9.17) is 13.8 Å². The summed E-state index contributed by atoms with van der Waals surface area (Å²) in [5.74, 6) is 0. The summed E-state index contributed by atoms with van der Waals surface area (Å²) in [6.45, 7) is 0. The maximum Gasteiger partial charge on any atom is 0.195 e. The molecule has 9 rings (SSSR count). The molecule has 5 heteroatoms.